The average Bonchev–Trinajstić information content (AvgIpc) is 2.46. The number of benzene rings is 1. The Hall–Kier alpha value is -2.96. The van der Waals surface area contributed by atoms with Crippen molar-refractivity contribution in [2.75, 3.05) is 5.32 Å². The van der Waals surface area contributed by atoms with Gasteiger partial charge in [-0.25, -0.2) is 0 Å². The van der Waals surface area contributed by atoms with Crippen molar-refractivity contribution in [3.05, 3.63) is 63.5 Å². The second kappa shape index (κ2) is 6.00. The van der Waals surface area contributed by atoms with Crippen LogP contribution in [0.15, 0.2) is 36.7 Å². The lowest BCUT2D eigenvalue weighted by Gasteiger charge is -2.09. The minimum atomic E-state index is -0.699. The Balaban J connectivity index is 2.26. The fraction of sp³-hybridized carbons (Fsp3) is 0.143. The Morgan fingerprint density at radius 3 is 2.81 bits per heavy atom. The fourth-order valence-corrected chi connectivity index (χ4v) is 1.88. The molecular weight excluding hydrogens is 272 g/mol. The summed E-state index contributed by atoms with van der Waals surface area (Å²) in [4.78, 5) is 25.6. The maximum Gasteiger partial charge on any atom is 0.293 e. The highest BCUT2D eigenvalue weighted by atomic mass is 16.6. The van der Waals surface area contributed by atoms with Crippen molar-refractivity contribution < 1.29 is 9.72 Å². The van der Waals surface area contributed by atoms with Crippen molar-refractivity contribution in [1.82, 2.24) is 4.98 Å². The van der Waals surface area contributed by atoms with Gasteiger partial charge < -0.3 is 11.1 Å². The van der Waals surface area contributed by atoms with Crippen LogP contribution < -0.4 is 11.1 Å². The number of pyridine rings is 1. The van der Waals surface area contributed by atoms with Gasteiger partial charge in [0.05, 0.1) is 4.92 Å². The summed E-state index contributed by atoms with van der Waals surface area (Å²) in [6.07, 6.45) is 3.39. The van der Waals surface area contributed by atoms with Crippen molar-refractivity contribution in [2.45, 2.75) is 13.5 Å². The number of nitrogens with two attached hydrogens (primary N) is 1. The van der Waals surface area contributed by atoms with Crippen molar-refractivity contribution >= 4 is 17.3 Å². The molecule has 2 rings (SSSR count). The fourth-order valence-electron chi connectivity index (χ4n) is 1.88. The van der Waals surface area contributed by atoms with Crippen LogP contribution in [0.4, 0.5) is 11.4 Å². The molecule has 0 saturated heterocycles. The molecule has 0 saturated carbocycles. The van der Waals surface area contributed by atoms with Gasteiger partial charge in [-0.1, -0.05) is 0 Å². The van der Waals surface area contributed by atoms with E-state index in [0.717, 1.165) is 11.1 Å². The number of primary amides is 1. The van der Waals surface area contributed by atoms with Crippen molar-refractivity contribution in [3.63, 3.8) is 0 Å². The number of anilines is 1. The van der Waals surface area contributed by atoms with Crippen LogP contribution in [0.3, 0.4) is 0 Å². The summed E-state index contributed by atoms with van der Waals surface area (Å²) >= 11 is 0. The van der Waals surface area contributed by atoms with E-state index in [-0.39, 0.29) is 11.3 Å². The summed E-state index contributed by atoms with van der Waals surface area (Å²) in [7, 11) is 0. The van der Waals surface area contributed by atoms with E-state index in [1.165, 1.54) is 18.2 Å². The van der Waals surface area contributed by atoms with Crippen molar-refractivity contribution in [2.24, 2.45) is 5.73 Å². The van der Waals surface area contributed by atoms with Gasteiger partial charge in [0.1, 0.15) is 5.69 Å². The molecule has 0 spiro atoms. The number of nitrogens with one attached hydrogen (secondary N) is 1. The zero-order valence-corrected chi connectivity index (χ0v) is 11.4. The maximum atomic E-state index is 11.1. The van der Waals surface area contributed by atoms with Crippen LogP contribution in [0.1, 0.15) is 21.5 Å². The van der Waals surface area contributed by atoms with Crippen LogP contribution in [0, 0.1) is 17.0 Å². The Kier molecular flexibility index (Phi) is 4.13. The van der Waals surface area contributed by atoms with E-state index >= 15 is 0 Å². The smallest absolute Gasteiger partial charge is 0.293 e. The summed E-state index contributed by atoms with van der Waals surface area (Å²) in [6.45, 7) is 2.33. The maximum absolute atomic E-state index is 11.1. The summed E-state index contributed by atoms with van der Waals surface area (Å²) in [5, 5.41) is 14.1. The van der Waals surface area contributed by atoms with Gasteiger partial charge in [-0.05, 0) is 36.2 Å². The van der Waals surface area contributed by atoms with Gasteiger partial charge in [-0.3, -0.25) is 19.9 Å². The standard InChI is InChI=1S/C14H14N4O3/c1-9-7-16-5-4-11(9)8-17-12-3-2-10(14(15)19)6-13(12)18(20)21/h2-7,17H,8H2,1H3,(H2,15,19). The van der Waals surface area contributed by atoms with Gasteiger partial charge in [0.25, 0.3) is 5.69 Å². The van der Waals surface area contributed by atoms with Gasteiger partial charge in [0, 0.05) is 30.6 Å². The second-order valence-corrected chi connectivity index (χ2v) is 4.51. The Morgan fingerprint density at radius 1 is 1.43 bits per heavy atom. The number of aryl methyl sites for hydroxylation is 1. The van der Waals surface area contributed by atoms with Crippen LogP contribution in [0.25, 0.3) is 0 Å². The third-order valence-electron chi connectivity index (χ3n) is 3.08. The molecule has 0 bridgehead atoms. The predicted molar refractivity (Wildman–Crippen MR) is 77.9 cm³/mol. The highest BCUT2D eigenvalue weighted by Crippen LogP contribution is 2.26. The quantitative estimate of drug-likeness (QED) is 0.645. The second-order valence-electron chi connectivity index (χ2n) is 4.51. The van der Waals surface area contributed by atoms with Crippen LogP contribution in [-0.4, -0.2) is 15.8 Å². The first-order valence-electron chi connectivity index (χ1n) is 6.20. The zero-order valence-electron chi connectivity index (χ0n) is 11.4. The number of hydrogen-bond acceptors (Lipinski definition) is 5. The number of aromatic nitrogens is 1. The van der Waals surface area contributed by atoms with Crippen LogP contribution in [0.2, 0.25) is 0 Å². The molecule has 0 aliphatic heterocycles. The molecule has 1 amide bonds. The SMILES string of the molecule is Cc1cnccc1CNc1ccc(C(N)=O)cc1[N+](=O)[O-]. The van der Waals surface area contributed by atoms with E-state index < -0.39 is 10.8 Å². The number of nitrogens with zero attached hydrogens (tertiary/aromatic N) is 2. The first kappa shape index (κ1) is 14.4. The lowest BCUT2D eigenvalue weighted by molar-refractivity contribution is -0.384. The van der Waals surface area contributed by atoms with Crippen LogP contribution >= 0.6 is 0 Å². The third kappa shape index (κ3) is 3.33. The number of rotatable bonds is 5. The van der Waals surface area contributed by atoms with Gasteiger partial charge in [-0.2, -0.15) is 0 Å². The number of carbonyl (C=O) groups excluding carboxylic acids is 1. The van der Waals surface area contributed by atoms with Crippen LogP contribution in [0.5, 0.6) is 0 Å². The van der Waals surface area contributed by atoms with E-state index in [1.807, 2.05) is 13.0 Å². The molecule has 0 atom stereocenters. The first-order chi connectivity index (χ1) is 9.99. The minimum Gasteiger partial charge on any atom is -0.375 e. The van der Waals surface area contributed by atoms with Crippen molar-refractivity contribution in [1.29, 1.82) is 0 Å². The molecule has 1 heterocycles. The van der Waals surface area contributed by atoms with Crippen molar-refractivity contribution in [3.8, 4) is 0 Å². The molecule has 21 heavy (non-hydrogen) atoms. The molecule has 108 valence electrons. The van der Waals surface area contributed by atoms with Gasteiger partial charge in [-0.15, -0.1) is 0 Å². The minimum absolute atomic E-state index is 0.104. The Bertz CT molecular complexity index is 700. The molecule has 3 N–H and O–H groups in total. The predicted octanol–water partition coefficient (Wildman–Crippen LogP) is 2.01. The van der Waals surface area contributed by atoms with E-state index in [4.69, 9.17) is 5.73 Å². The largest absolute Gasteiger partial charge is 0.375 e. The summed E-state index contributed by atoms with van der Waals surface area (Å²) < 4.78 is 0. The lowest BCUT2D eigenvalue weighted by Crippen LogP contribution is -2.12. The van der Waals surface area contributed by atoms with Crippen LogP contribution in [-0.2, 0) is 6.54 Å². The molecule has 0 aliphatic rings. The third-order valence-corrected chi connectivity index (χ3v) is 3.08. The number of carbonyl (C=O) groups is 1. The van der Waals surface area contributed by atoms with E-state index in [2.05, 4.69) is 10.3 Å². The molecular formula is C14H14N4O3. The first-order valence-corrected chi connectivity index (χ1v) is 6.20. The highest BCUT2D eigenvalue weighted by Gasteiger charge is 2.16. The molecule has 7 heteroatoms. The number of nitro benzene ring substituents is 1. The van der Waals surface area contributed by atoms with E-state index in [9.17, 15) is 14.9 Å². The molecule has 0 aliphatic carbocycles. The molecule has 0 fully saturated rings. The summed E-state index contributed by atoms with van der Waals surface area (Å²) in [6, 6.07) is 5.95. The number of amides is 1. The summed E-state index contributed by atoms with van der Waals surface area (Å²) in [5.41, 5.74) is 7.36. The number of hydrogen-bond donors (Lipinski definition) is 2. The normalized spacial score (nSPS) is 10.1. The molecule has 7 nitrogen and oxygen atoms in total. The van der Waals surface area contributed by atoms with E-state index in [1.54, 1.807) is 12.4 Å². The van der Waals surface area contributed by atoms with Gasteiger partial charge in [0.15, 0.2) is 0 Å². The molecule has 1 aromatic carbocycles. The molecule has 0 unspecified atom stereocenters. The zero-order chi connectivity index (χ0) is 15.4. The highest BCUT2D eigenvalue weighted by molar-refractivity contribution is 5.94. The topological polar surface area (TPSA) is 111 Å². The van der Waals surface area contributed by atoms with E-state index in [0.29, 0.717) is 12.2 Å². The van der Waals surface area contributed by atoms with Gasteiger partial charge in [0.2, 0.25) is 5.91 Å². The number of nitro groups is 1. The Labute approximate surface area is 121 Å². The molecule has 1 aromatic heterocycles. The molecule has 0 radical (unpaired) electrons. The average molecular weight is 286 g/mol. The monoisotopic (exact) mass is 286 g/mol. The Morgan fingerprint density at radius 2 is 2.19 bits per heavy atom. The van der Waals surface area contributed by atoms with Gasteiger partial charge >= 0.3 is 0 Å². The lowest BCUT2D eigenvalue weighted by atomic mass is 10.1. The molecule has 2 aromatic rings. The summed E-state index contributed by atoms with van der Waals surface area (Å²) in [5.74, 6) is -0.699.